The molecule has 0 unspecified atom stereocenters. The summed E-state index contributed by atoms with van der Waals surface area (Å²) in [5.41, 5.74) is 2.30. The molecule has 1 fully saturated rings. The highest BCUT2D eigenvalue weighted by Crippen LogP contribution is 2.29. The molecule has 1 amide bonds. The van der Waals surface area contributed by atoms with Crippen LogP contribution in [0.4, 0.5) is 15.8 Å². The van der Waals surface area contributed by atoms with Gasteiger partial charge in [0.25, 0.3) is 0 Å². The minimum atomic E-state index is -0.331. The van der Waals surface area contributed by atoms with E-state index < -0.39 is 0 Å². The number of carbonyl (C=O) groups excluding carboxylic acids is 1. The topological polar surface area (TPSA) is 36.8 Å². The van der Waals surface area contributed by atoms with Gasteiger partial charge in [0.1, 0.15) is 5.82 Å². The molecular formula is C21H24ClFN3O+. The van der Waals surface area contributed by atoms with Crippen molar-refractivity contribution in [3.63, 3.8) is 0 Å². The van der Waals surface area contributed by atoms with Crippen molar-refractivity contribution in [3.05, 3.63) is 64.9 Å². The van der Waals surface area contributed by atoms with Crippen LogP contribution in [0.25, 0.3) is 6.08 Å². The number of hydrogen-bond acceptors (Lipinski definition) is 2. The summed E-state index contributed by atoms with van der Waals surface area (Å²) in [4.78, 5) is 16.2. The number of amides is 1. The van der Waals surface area contributed by atoms with Crippen LogP contribution in [0.15, 0.2) is 48.5 Å². The molecule has 0 aliphatic carbocycles. The number of likely N-dealkylation sites (N-methyl/N-ethyl adjacent to an activating group) is 1. The summed E-state index contributed by atoms with van der Waals surface area (Å²) < 4.78 is 13.2. The van der Waals surface area contributed by atoms with Crippen LogP contribution in [0, 0.1) is 5.82 Å². The molecule has 2 aromatic rings. The Morgan fingerprint density at radius 2 is 2.04 bits per heavy atom. The molecule has 4 nitrogen and oxygen atoms in total. The van der Waals surface area contributed by atoms with Gasteiger partial charge >= 0.3 is 0 Å². The van der Waals surface area contributed by atoms with E-state index >= 15 is 0 Å². The van der Waals surface area contributed by atoms with Crippen LogP contribution in [0.5, 0.6) is 0 Å². The fourth-order valence-electron chi connectivity index (χ4n) is 3.26. The average molecular weight is 389 g/mol. The van der Waals surface area contributed by atoms with E-state index in [1.165, 1.54) is 18.2 Å². The molecule has 6 heteroatoms. The van der Waals surface area contributed by atoms with Gasteiger partial charge in [-0.05, 0) is 48.9 Å². The smallest absolute Gasteiger partial charge is 0.248 e. The Balaban J connectivity index is 1.72. The van der Waals surface area contributed by atoms with Crippen LogP contribution in [0.2, 0.25) is 5.02 Å². The lowest BCUT2D eigenvalue weighted by atomic mass is 10.2. The number of piperazine rings is 1. The highest BCUT2D eigenvalue weighted by Gasteiger charge is 2.21. The van der Waals surface area contributed by atoms with Gasteiger partial charge in [-0.1, -0.05) is 23.7 Å². The Hall–Kier alpha value is -2.37. The van der Waals surface area contributed by atoms with Crippen molar-refractivity contribution in [1.82, 2.24) is 0 Å². The molecule has 0 radical (unpaired) electrons. The zero-order chi connectivity index (χ0) is 19.2. The summed E-state index contributed by atoms with van der Waals surface area (Å²) in [6.07, 6.45) is 2.99. The third kappa shape index (κ3) is 5.31. The lowest BCUT2D eigenvalue weighted by Gasteiger charge is -2.34. The van der Waals surface area contributed by atoms with Crippen molar-refractivity contribution in [1.29, 1.82) is 0 Å². The van der Waals surface area contributed by atoms with Gasteiger partial charge in [0, 0.05) is 11.1 Å². The lowest BCUT2D eigenvalue weighted by molar-refractivity contribution is -0.898. The Labute approximate surface area is 164 Å². The van der Waals surface area contributed by atoms with E-state index in [1.807, 2.05) is 12.1 Å². The normalized spacial score (nSPS) is 15.3. The SMILES string of the molecule is CC[NH+]1CCN(c2ccc(Cl)cc2NC(=O)/C=C/c2cccc(F)c2)CC1. The Morgan fingerprint density at radius 1 is 1.26 bits per heavy atom. The van der Waals surface area contributed by atoms with Crippen LogP contribution in [-0.2, 0) is 4.79 Å². The summed E-state index contributed by atoms with van der Waals surface area (Å²) in [6.45, 7) is 7.35. The standard InChI is InChI=1S/C21H23ClFN3O/c1-2-25-10-12-26(13-11-25)20-8-7-17(22)15-19(20)24-21(27)9-6-16-4-3-5-18(23)14-16/h3-9,14-15H,2,10-13H2,1H3,(H,24,27)/p+1/b9-6+. The molecule has 3 rings (SSSR count). The highest BCUT2D eigenvalue weighted by molar-refractivity contribution is 6.31. The second-order valence-electron chi connectivity index (χ2n) is 6.63. The summed E-state index contributed by atoms with van der Waals surface area (Å²) in [7, 11) is 0. The van der Waals surface area contributed by atoms with Crippen molar-refractivity contribution >= 4 is 35.0 Å². The predicted octanol–water partition coefficient (Wildman–Crippen LogP) is 2.86. The molecule has 1 aliphatic heterocycles. The van der Waals surface area contributed by atoms with Crippen molar-refractivity contribution in [3.8, 4) is 0 Å². The number of benzene rings is 2. The first-order chi connectivity index (χ1) is 13.0. The molecule has 0 bridgehead atoms. The fourth-order valence-corrected chi connectivity index (χ4v) is 3.43. The second-order valence-corrected chi connectivity index (χ2v) is 7.07. The monoisotopic (exact) mass is 388 g/mol. The second kappa shape index (κ2) is 9.02. The van der Waals surface area contributed by atoms with Crippen LogP contribution >= 0.6 is 11.6 Å². The van der Waals surface area contributed by atoms with E-state index in [2.05, 4.69) is 17.1 Å². The van der Waals surface area contributed by atoms with Crippen LogP contribution < -0.4 is 15.1 Å². The number of quaternary nitrogens is 1. The number of anilines is 2. The molecule has 2 N–H and O–H groups in total. The quantitative estimate of drug-likeness (QED) is 0.773. The van der Waals surface area contributed by atoms with Gasteiger partial charge in [0.15, 0.2) is 0 Å². The van der Waals surface area contributed by atoms with Gasteiger partial charge < -0.3 is 15.1 Å². The maximum Gasteiger partial charge on any atom is 0.248 e. The van der Waals surface area contributed by atoms with Crippen LogP contribution in [0.1, 0.15) is 12.5 Å². The summed E-state index contributed by atoms with van der Waals surface area (Å²) in [6, 6.07) is 11.7. The fraction of sp³-hybridized carbons (Fsp3) is 0.286. The van der Waals surface area contributed by atoms with Gasteiger partial charge in [0.2, 0.25) is 5.91 Å². The minimum absolute atomic E-state index is 0.277. The average Bonchev–Trinajstić information content (AvgIpc) is 2.67. The van der Waals surface area contributed by atoms with Gasteiger partial charge in [0.05, 0.1) is 44.1 Å². The third-order valence-corrected chi connectivity index (χ3v) is 5.04. The Morgan fingerprint density at radius 3 is 2.74 bits per heavy atom. The van der Waals surface area contributed by atoms with Crippen molar-refractivity contribution in [2.24, 2.45) is 0 Å². The first-order valence-corrected chi connectivity index (χ1v) is 9.55. The van der Waals surface area contributed by atoms with E-state index in [-0.39, 0.29) is 11.7 Å². The summed E-state index contributed by atoms with van der Waals surface area (Å²) in [5.74, 6) is -0.608. The van der Waals surface area contributed by atoms with E-state index in [0.717, 1.165) is 38.4 Å². The maximum atomic E-state index is 13.2. The zero-order valence-electron chi connectivity index (χ0n) is 15.3. The van der Waals surface area contributed by atoms with Crippen molar-refractivity contribution < 1.29 is 14.1 Å². The van der Waals surface area contributed by atoms with Crippen LogP contribution in [-0.4, -0.2) is 38.6 Å². The number of nitrogens with one attached hydrogen (secondary N) is 2. The van der Waals surface area contributed by atoms with Crippen LogP contribution in [0.3, 0.4) is 0 Å². The zero-order valence-corrected chi connectivity index (χ0v) is 16.1. The van der Waals surface area contributed by atoms with Gasteiger partial charge in [-0.15, -0.1) is 0 Å². The van der Waals surface area contributed by atoms with Gasteiger partial charge in [-0.2, -0.15) is 0 Å². The highest BCUT2D eigenvalue weighted by atomic mass is 35.5. The molecular weight excluding hydrogens is 365 g/mol. The van der Waals surface area contributed by atoms with Crippen molar-refractivity contribution in [2.45, 2.75) is 6.92 Å². The largest absolute Gasteiger partial charge is 0.359 e. The first-order valence-electron chi connectivity index (χ1n) is 9.18. The lowest BCUT2D eigenvalue weighted by Crippen LogP contribution is -3.14. The molecule has 0 aromatic heterocycles. The predicted molar refractivity (Wildman–Crippen MR) is 109 cm³/mol. The number of halogens is 2. The molecule has 2 aromatic carbocycles. The first kappa shape index (κ1) is 19.4. The molecule has 1 heterocycles. The minimum Gasteiger partial charge on any atom is -0.359 e. The van der Waals surface area contributed by atoms with Gasteiger partial charge in [-0.25, -0.2) is 4.39 Å². The van der Waals surface area contributed by atoms with E-state index in [0.29, 0.717) is 16.3 Å². The number of nitrogens with zero attached hydrogens (tertiary/aromatic N) is 1. The summed E-state index contributed by atoms with van der Waals surface area (Å²) in [5, 5.41) is 3.48. The number of carbonyl (C=O) groups is 1. The third-order valence-electron chi connectivity index (χ3n) is 4.80. The Kier molecular flexibility index (Phi) is 6.48. The van der Waals surface area contributed by atoms with Gasteiger partial charge in [-0.3, -0.25) is 4.79 Å². The maximum absolute atomic E-state index is 13.2. The molecule has 1 aliphatic rings. The molecule has 1 saturated heterocycles. The van der Waals surface area contributed by atoms with Crippen molar-refractivity contribution in [2.75, 3.05) is 42.9 Å². The molecule has 142 valence electrons. The van der Waals surface area contributed by atoms with E-state index in [1.54, 1.807) is 29.2 Å². The number of hydrogen-bond donors (Lipinski definition) is 2. The molecule has 0 spiro atoms. The number of rotatable bonds is 5. The molecule has 0 atom stereocenters. The summed E-state index contributed by atoms with van der Waals surface area (Å²) >= 11 is 6.14. The molecule has 0 saturated carbocycles. The Bertz CT molecular complexity index is 832. The van der Waals surface area contributed by atoms with E-state index in [9.17, 15) is 9.18 Å². The molecule has 27 heavy (non-hydrogen) atoms. The van der Waals surface area contributed by atoms with E-state index in [4.69, 9.17) is 11.6 Å².